The average Bonchev–Trinajstić information content (AvgIpc) is 3.05. The van der Waals surface area contributed by atoms with Gasteiger partial charge in [-0.1, -0.05) is 19.1 Å². The molecule has 23 heavy (non-hydrogen) atoms. The summed E-state index contributed by atoms with van der Waals surface area (Å²) in [6, 6.07) is -0.618. The van der Waals surface area contributed by atoms with Crippen LogP contribution < -0.4 is 0 Å². The first-order valence-corrected chi connectivity index (χ1v) is 8.77. The third-order valence-corrected chi connectivity index (χ3v) is 4.99. The van der Waals surface area contributed by atoms with Crippen LogP contribution >= 0.6 is 0 Å². The van der Waals surface area contributed by atoms with E-state index in [9.17, 15) is 14.7 Å². The fourth-order valence-corrected chi connectivity index (χ4v) is 3.23. The molecular weight excluding hydrogens is 292 g/mol. The average molecular weight is 322 g/mol. The minimum absolute atomic E-state index is 0.0530. The summed E-state index contributed by atoms with van der Waals surface area (Å²) in [5, 5.41) is 9.72. The van der Waals surface area contributed by atoms with Crippen molar-refractivity contribution in [1.29, 1.82) is 0 Å². The molecule has 0 bridgehead atoms. The third-order valence-electron chi connectivity index (χ3n) is 4.99. The van der Waals surface area contributed by atoms with Crippen LogP contribution in [-0.2, 0) is 4.79 Å². The molecule has 1 N–H and O–H groups in total. The number of urea groups is 1. The fourth-order valence-electron chi connectivity index (χ4n) is 3.23. The lowest BCUT2D eigenvalue weighted by atomic mass is 10.1. The lowest BCUT2D eigenvalue weighted by Gasteiger charge is -2.28. The number of amides is 2. The van der Waals surface area contributed by atoms with Crippen molar-refractivity contribution in [2.75, 3.05) is 20.1 Å². The first kappa shape index (κ1) is 18.0. The molecule has 4 atom stereocenters. The number of hydrogen-bond donors (Lipinski definition) is 1. The van der Waals surface area contributed by atoms with Crippen molar-refractivity contribution in [3.8, 4) is 0 Å². The molecule has 1 aliphatic heterocycles. The predicted octanol–water partition coefficient (Wildman–Crippen LogP) is 2.44. The van der Waals surface area contributed by atoms with Gasteiger partial charge in [-0.25, -0.2) is 4.79 Å². The van der Waals surface area contributed by atoms with E-state index < -0.39 is 12.1 Å². The Labute approximate surface area is 139 Å². The van der Waals surface area contributed by atoms with Crippen molar-refractivity contribution < 1.29 is 14.7 Å². The standard InChI is InChI=1S/C18H30N2O3/c1-13-10-15(13)8-6-4-5-7-9-19(3)18(23)20-12-16(22)11-17(20)14(2)21/h6,8,13,15-17,22H,4-5,7,9-12H2,1-3H3/b8-6-/t13?,15-,16?,17?/m1/s1. The van der Waals surface area contributed by atoms with Crippen LogP contribution in [0.3, 0.4) is 0 Å². The summed E-state index contributed by atoms with van der Waals surface area (Å²) in [5.74, 6) is 1.60. The van der Waals surface area contributed by atoms with Gasteiger partial charge in [-0.3, -0.25) is 4.79 Å². The molecule has 0 aromatic carbocycles. The predicted molar refractivity (Wildman–Crippen MR) is 90.1 cm³/mol. The molecule has 0 radical (unpaired) electrons. The smallest absolute Gasteiger partial charge is 0.320 e. The van der Waals surface area contributed by atoms with E-state index in [0.717, 1.165) is 31.1 Å². The quantitative estimate of drug-likeness (QED) is 0.578. The number of rotatable bonds is 7. The number of Topliss-reactive ketones (excluding diaryl/α,β-unsaturated/α-hetero) is 1. The van der Waals surface area contributed by atoms with Crippen molar-refractivity contribution in [3.05, 3.63) is 12.2 Å². The lowest BCUT2D eigenvalue weighted by Crippen LogP contribution is -2.46. The number of allylic oxidation sites excluding steroid dienone is 2. The van der Waals surface area contributed by atoms with E-state index in [4.69, 9.17) is 0 Å². The highest BCUT2D eigenvalue weighted by Gasteiger charge is 2.38. The molecule has 2 aliphatic rings. The van der Waals surface area contributed by atoms with E-state index >= 15 is 0 Å². The highest BCUT2D eigenvalue weighted by atomic mass is 16.3. The van der Waals surface area contributed by atoms with E-state index in [1.807, 2.05) is 0 Å². The molecule has 2 amide bonds. The number of unbranched alkanes of at least 4 members (excludes halogenated alkanes) is 2. The van der Waals surface area contributed by atoms with Gasteiger partial charge in [-0.15, -0.1) is 0 Å². The molecule has 1 saturated heterocycles. The monoisotopic (exact) mass is 322 g/mol. The molecule has 1 aliphatic carbocycles. The van der Waals surface area contributed by atoms with Gasteiger partial charge in [0.15, 0.2) is 5.78 Å². The zero-order chi connectivity index (χ0) is 17.0. The minimum Gasteiger partial charge on any atom is -0.391 e. The van der Waals surface area contributed by atoms with Crippen LogP contribution in [0.1, 0.15) is 46.0 Å². The van der Waals surface area contributed by atoms with E-state index in [0.29, 0.717) is 13.0 Å². The van der Waals surface area contributed by atoms with Gasteiger partial charge in [-0.05, 0) is 44.4 Å². The Morgan fingerprint density at radius 3 is 2.61 bits per heavy atom. The Bertz CT molecular complexity index is 463. The summed E-state index contributed by atoms with van der Waals surface area (Å²) in [4.78, 5) is 27.2. The summed E-state index contributed by atoms with van der Waals surface area (Å²) in [7, 11) is 1.77. The largest absolute Gasteiger partial charge is 0.391 e. The SMILES string of the molecule is CC(=O)C1CC(O)CN1C(=O)N(C)CCCC/C=C\[C@@H]1CC1C. The molecule has 130 valence electrons. The van der Waals surface area contributed by atoms with E-state index in [2.05, 4.69) is 19.1 Å². The first-order chi connectivity index (χ1) is 10.9. The second-order valence-electron chi connectivity index (χ2n) is 7.17. The first-order valence-electron chi connectivity index (χ1n) is 8.77. The molecule has 5 nitrogen and oxygen atoms in total. The molecule has 3 unspecified atom stereocenters. The number of likely N-dealkylation sites (tertiary alicyclic amines) is 1. The topological polar surface area (TPSA) is 60.9 Å². The van der Waals surface area contributed by atoms with Crippen LogP contribution in [0.2, 0.25) is 0 Å². The Balaban J connectivity index is 1.68. The van der Waals surface area contributed by atoms with Gasteiger partial charge in [0, 0.05) is 26.6 Å². The molecule has 1 saturated carbocycles. The van der Waals surface area contributed by atoms with Gasteiger partial charge in [0.2, 0.25) is 0 Å². The molecule has 0 aromatic heterocycles. The molecule has 2 fully saturated rings. The zero-order valence-corrected chi connectivity index (χ0v) is 14.6. The number of nitrogens with zero attached hydrogens (tertiary/aromatic N) is 2. The van der Waals surface area contributed by atoms with Crippen molar-refractivity contribution in [2.24, 2.45) is 11.8 Å². The number of aliphatic hydroxyl groups excluding tert-OH is 1. The van der Waals surface area contributed by atoms with Gasteiger partial charge in [0.25, 0.3) is 0 Å². The molecule has 5 heteroatoms. The van der Waals surface area contributed by atoms with E-state index in [-0.39, 0.29) is 18.4 Å². The van der Waals surface area contributed by atoms with Crippen molar-refractivity contribution in [3.63, 3.8) is 0 Å². The number of hydrogen-bond acceptors (Lipinski definition) is 3. The van der Waals surface area contributed by atoms with Crippen LogP contribution in [0, 0.1) is 11.8 Å². The Morgan fingerprint density at radius 1 is 1.30 bits per heavy atom. The molecule has 2 rings (SSSR count). The van der Waals surface area contributed by atoms with E-state index in [1.54, 1.807) is 11.9 Å². The number of ketones is 1. The van der Waals surface area contributed by atoms with Crippen LogP contribution in [-0.4, -0.2) is 59.0 Å². The Morgan fingerprint density at radius 2 is 2.00 bits per heavy atom. The zero-order valence-electron chi connectivity index (χ0n) is 14.6. The summed E-state index contributed by atoms with van der Waals surface area (Å²) < 4.78 is 0. The molecule has 0 spiro atoms. The van der Waals surface area contributed by atoms with Crippen LogP contribution in [0.25, 0.3) is 0 Å². The Kier molecular flexibility index (Phi) is 6.22. The molecule has 1 heterocycles. The minimum atomic E-state index is -0.587. The van der Waals surface area contributed by atoms with Crippen LogP contribution in [0.4, 0.5) is 4.79 Å². The maximum Gasteiger partial charge on any atom is 0.320 e. The number of carbonyl (C=O) groups excluding carboxylic acids is 2. The molecule has 0 aromatic rings. The van der Waals surface area contributed by atoms with Crippen LogP contribution in [0.15, 0.2) is 12.2 Å². The van der Waals surface area contributed by atoms with E-state index in [1.165, 1.54) is 18.2 Å². The second kappa shape index (κ2) is 7.95. The highest BCUT2D eigenvalue weighted by Crippen LogP contribution is 2.38. The summed E-state index contributed by atoms with van der Waals surface area (Å²) >= 11 is 0. The van der Waals surface area contributed by atoms with Gasteiger partial charge in [0.05, 0.1) is 12.1 Å². The number of β-amino-alcohol motifs (C(OH)–C–C–N with tert-alkyl or cyclic N) is 1. The summed E-state index contributed by atoms with van der Waals surface area (Å²) in [5.41, 5.74) is 0. The van der Waals surface area contributed by atoms with Gasteiger partial charge in [0.1, 0.15) is 0 Å². The van der Waals surface area contributed by atoms with Crippen molar-refractivity contribution >= 4 is 11.8 Å². The highest BCUT2D eigenvalue weighted by molar-refractivity contribution is 5.87. The van der Waals surface area contributed by atoms with Crippen molar-refractivity contribution in [1.82, 2.24) is 9.80 Å². The summed E-state index contributed by atoms with van der Waals surface area (Å²) in [6.45, 7) is 4.70. The maximum absolute atomic E-state index is 12.4. The van der Waals surface area contributed by atoms with Crippen LogP contribution in [0.5, 0.6) is 0 Å². The van der Waals surface area contributed by atoms with Gasteiger partial charge >= 0.3 is 6.03 Å². The van der Waals surface area contributed by atoms with Gasteiger partial charge in [-0.2, -0.15) is 0 Å². The second-order valence-corrected chi connectivity index (χ2v) is 7.17. The lowest BCUT2D eigenvalue weighted by molar-refractivity contribution is -0.120. The van der Waals surface area contributed by atoms with Gasteiger partial charge < -0.3 is 14.9 Å². The third kappa shape index (κ3) is 5.06. The number of carbonyl (C=O) groups is 2. The molecular formula is C18H30N2O3. The van der Waals surface area contributed by atoms with Crippen molar-refractivity contribution in [2.45, 2.75) is 58.1 Å². The normalized spacial score (nSPS) is 30.0. The fraction of sp³-hybridized carbons (Fsp3) is 0.778. The summed E-state index contributed by atoms with van der Waals surface area (Å²) in [6.07, 6.45) is 8.76. The maximum atomic E-state index is 12.4. The Hall–Kier alpha value is -1.36. The number of aliphatic hydroxyl groups is 1.